The number of piperidine rings is 1. The summed E-state index contributed by atoms with van der Waals surface area (Å²) in [5.74, 6) is -0.174. The molecule has 1 aliphatic heterocycles. The molecule has 0 aliphatic carbocycles. The molecule has 1 aromatic carbocycles. The Morgan fingerprint density at radius 1 is 1.50 bits per heavy atom. The van der Waals surface area contributed by atoms with Crippen LogP contribution in [0, 0.1) is 17.0 Å². The molecule has 1 amide bonds. The lowest BCUT2D eigenvalue weighted by Gasteiger charge is -2.23. The molecule has 1 unspecified atom stereocenters. The molecule has 20 heavy (non-hydrogen) atoms. The summed E-state index contributed by atoms with van der Waals surface area (Å²) in [6.07, 6.45) is 2.01. The van der Waals surface area contributed by atoms with Crippen LogP contribution < -0.4 is 10.6 Å². The highest BCUT2D eigenvalue weighted by Gasteiger charge is 2.18. The topological polar surface area (TPSA) is 84.3 Å². The van der Waals surface area contributed by atoms with Crippen LogP contribution in [-0.4, -0.2) is 30.0 Å². The van der Waals surface area contributed by atoms with Gasteiger partial charge < -0.3 is 10.6 Å². The molecule has 1 aliphatic rings. The first-order valence-corrected chi connectivity index (χ1v) is 6.34. The minimum absolute atomic E-state index is 0. The van der Waals surface area contributed by atoms with E-state index in [0.717, 1.165) is 25.9 Å². The van der Waals surface area contributed by atoms with Crippen molar-refractivity contribution in [3.05, 3.63) is 39.4 Å². The highest BCUT2D eigenvalue weighted by atomic mass is 35.5. The van der Waals surface area contributed by atoms with E-state index in [0.29, 0.717) is 11.1 Å². The molecule has 7 heteroatoms. The van der Waals surface area contributed by atoms with Crippen molar-refractivity contribution >= 4 is 24.0 Å². The molecular weight excluding hydrogens is 282 g/mol. The number of carbonyl (C=O) groups is 1. The van der Waals surface area contributed by atoms with Crippen molar-refractivity contribution in [2.45, 2.75) is 25.8 Å². The number of halogens is 1. The zero-order chi connectivity index (χ0) is 13.8. The average molecular weight is 300 g/mol. The van der Waals surface area contributed by atoms with Crippen molar-refractivity contribution < 1.29 is 9.72 Å². The number of carbonyl (C=O) groups excluding carboxylic acids is 1. The number of hydrogen-bond acceptors (Lipinski definition) is 4. The quantitative estimate of drug-likeness (QED) is 0.658. The van der Waals surface area contributed by atoms with Gasteiger partial charge in [-0.1, -0.05) is 0 Å². The Morgan fingerprint density at radius 2 is 2.25 bits per heavy atom. The predicted octanol–water partition coefficient (Wildman–Crippen LogP) is 1.81. The van der Waals surface area contributed by atoms with E-state index in [2.05, 4.69) is 10.6 Å². The highest BCUT2D eigenvalue weighted by Crippen LogP contribution is 2.18. The van der Waals surface area contributed by atoms with Crippen LogP contribution in [0.25, 0.3) is 0 Å². The Morgan fingerprint density at radius 3 is 2.80 bits per heavy atom. The largest absolute Gasteiger partial charge is 0.348 e. The number of nitro groups is 1. The monoisotopic (exact) mass is 299 g/mol. The summed E-state index contributed by atoms with van der Waals surface area (Å²) in [6, 6.07) is 4.57. The van der Waals surface area contributed by atoms with Gasteiger partial charge in [0.1, 0.15) is 0 Å². The predicted molar refractivity (Wildman–Crippen MR) is 78.4 cm³/mol. The van der Waals surface area contributed by atoms with Crippen molar-refractivity contribution in [2.24, 2.45) is 0 Å². The van der Waals surface area contributed by atoms with Crippen LogP contribution in [0.15, 0.2) is 18.2 Å². The summed E-state index contributed by atoms with van der Waals surface area (Å²) in [6.45, 7) is 3.40. The van der Waals surface area contributed by atoms with E-state index in [-0.39, 0.29) is 30.0 Å². The number of rotatable bonds is 3. The van der Waals surface area contributed by atoms with E-state index < -0.39 is 4.92 Å². The zero-order valence-electron chi connectivity index (χ0n) is 11.2. The molecule has 0 bridgehead atoms. The van der Waals surface area contributed by atoms with Crippen LogP contribution in [0.3, 0.4) is 0 Å². The summed E-state index contributed by atoms with van der Waals surface area (Å²) >= 11 is 0. The number of aryl methyl sites for hydroxylation is 1. The van der Waals surface area contributed by atoms with Crippen molar-refractivity contribution in [3.63, 3.8) is 0 Å². The fourth-order valence-corrected chi connectivity index (χ4v) is 2.25. The molecule has 6 nitrogen and oxygen atoms in total. The summed E-state index contributed by atoms with van der Waals surface area (Å²) in [7, 11) is 0. The molecule has 0 saturated carbocycles. The van der Waals surface area contributed by atoms with Crippen LogP contribution in [0.4, 0.5) is 5.69 Å². The molecule has 1 atom stereocenters. The van der Waals surface area contributed by atoms with E-state index in [1.165, 1.54) is 12.1 Å². The summed E-state index contributed by atoms with van der Waals surface area (Å²) < 4.78 is 0. The fourth-order valence-electron chi connectivity index (χ4n) is 2.25. The molecule has 0 aromatic heterocycles. The number of nitro benzene ring substituents is 1. The molecule has 0 spiro atoms. The van der Waals surface area contributed by atoms with E-state index in [1.54, 1.807) is 13.0 Å². The van der Waals surface area contributed by atoms with E-state index in [4.69, 9.17) is 0 Å². The van der Waals surface area contributed by atoms with E-state index in [1.807, 2.05) is 0 Å². The van der Waals surface area contributed by atoms with Gasteiger partial charge in [-0.3, -0.25) is 14.9 Å². The van der Waals surface area contributed by atoms with Gasteiger partial charge >= 0.3 is 0 Å². The first kappa shape index (κ1) is 16.4. The van der Waals surface area contributed by atoms with Gasteiger partial charge in [0.15, 0.2) is 0 Å². The van der Waals surface area contributed by atoms with Crippen LogP contribution in [0.2, 0.25) is 0 Å². The van der Waals surface area contributed by atoms with Crippen LogP contribution in [-0.2, 0) is 0 Å². The third kappa shape index (κ3) is 3.91. The SMILES string of the molecule is Cc1cc(C(=O)NC2CCCNC2)ccc1[N+](=O)[O-].Cl. The number of nitrogens with one attached hydrogen (secondary N) is 2. The van der Waals surface area contributed by atoms with Crippen LogP contribution in [0.1, 0.15) is 28.8 Å². The molecule has 2 rings (SSSR count). The van der Waals surface area contributed by atoms with Crippen LogP contribution >= 0.6 is 12.4 Å². The van der Waals surface area contributed by atoms with E-state index >= 15 is 0 Å². The maximum absolute atomic E-state index is 12.0. The second-order valence-corrected chi connectivity index (χ2v) is 4.78. The lowest BCUT2D eigenvalue weighted by Crippen LogP contribution is -2.45. The van der Waals surface area contributed by atoms with Gasteiger partial charge in [-0.05, 0) is 38.4 Å². The minimum Gasteiger partial charge on any atom is -0.348 e. The summed E-state index contributed by atoms with van der Waals surface area (Å²) in [5.41, 5.74) is 1.00. The van der Waals surface area contributed by atoms with Gasteiger partial charge in [-0.25, -0.2) is 0 Å². The molecule has 0 radical (unpaired) electrons. The normalized spacial score (nSPS) is 17.9. The molecule has 110 valence electrons. The number of nitrogens with zero attached hydrogens (tertiary/aromatic N) is 1. The Labute approximate surface area is 123 Å². The first-order chi connectivity index (χ1) is 9.08. The second-order valence-electron chi connectivity index (χ2n) is 4.78. The molecule has 1 saturated heterocycles. The van der Waals surface area contributed by atoms with Crippen molar-refractivity contribution in [3.8, 4) is 0 Å². The van der Waals surface area contributed by atoms with Gasteiger partial charge in [0.05, 0.1) is 4.92 Å². The maximum Gasteiger partial charge on any atom is 0.272 e. The smallest absolute Gasteiger partial charge is 0.272 e. The Bertz CT molecular complexity index is 502. The van der Waals surface area contributed by atoms with Gasteiger partial charge in [0, 0.05) is 29.8 Å². The summed E-state index contributed by atoms with van der Waals surface area (Å²) in [4.78, 5) is 22.3. The van der Waals surface area contributed by atoms with Gasteiger partial charge in [-0.2, -0.15) is 0 Å². The summed E-state index contributed by atoms with van der Waals surface area (Å²) in [5, 5.41) is 16.9. The Kier molecular flexibility index (Phi) is 5.91. The lowest BCUT2D eigenvalue weighted by atomic mass is 10.1. The van der Waals surface area contributed by atoms with Gasteiger partial charge in [0.25, 0.3) is 11.6 Å². The number of benzene rings is 1. The van der Waals surface area contributed by atoms with Crippen molar-refractivity contribution in [1.29, 1.82) is 0 Å². The van der Waals surface area contributed by atoms with Gasteiger partial charge in [0.2, 0.25) is 0 Å². The zero-order valence-corrected chi connectivity index (χ0v) is 12.0. The first-order valence-electron chi connectivity index (χ1n) is 6.34. The lowest BCUT2D eigenvalue weighted by molar-refractivity contribution is -0.385. The third-order valence-electron chi connectivity index (χ3n) is 3.29. The highest BCUT2D eigenvalue weighted by molar-refractivity contribution is 5.94. The van der Waals surface area contributed by atoms with Gasteiger partial charge in [-0.15, -0.1) is 12.4 Å². The van der Waals surface area contributed by atoms with Crippen molar-refractivity contribution in [1.82, 2.24) is 10.6 Å². The molecule has 1 aromatic rings. The standard InChI is InChI=1S/C13H17N3O3.ClH/c1-9-7-10(4-5-12(9)16(18)19)13(17)15-11-3-2-6-14-8-11;/h4-5,7,11,14H,2-3,6,8H2,1H3,(H,15,17);1H. The molecule has 1 heterocycles. The molecule has 1 fully saturated rings. The maximum atomic E-state index is 12.0. The Balaban J connectivity index is 0.00000200. The number of amides is 1. The Hall–Kier alpha value is -1.66. The fraction of sp³-hybridized carbons (Fsp3) is 0.462. The number of hydrogen-bond donors (Lipinski definition) is 2. The molecule has 2 N–H and O–H groups in total. The third-order valence-corrected chi connectivity index (χ3v) is 3.29. The molecular formula is C13H18ClN3O3. The second kappa shape index (κ2) is 7.21. The van der Waals surface area contributed by atoms with Crippen molar-refractivity contribution in [2.75, 3.05) is 13.1 Å². The average Bonchev–Trinajstić information content (AvgIpc) is 2.39. The minimum atomic E-state index is -0.442. The van der Waals surface area contributed by atoms with Crippen LogP contribution in [0.5, 0.6) is 0 Å². The van der Waals surface area contributed by atoms with E-state index in [9.17, 15) is 14.9 Å².